The molecule has 2 atom stereocenters. The molecule has 0 fully saturated rings. The van der Waals surface area contributed by atoms with Crippen molar-refractivity contribution in [1.82, 2.24) is 0 Å². The summed E-state index contributed by atoms with van der Waals surface area (Å²) in [5.74, 6) is -1.65. The summed E-state index contributed by atoms with van der Waals surface area (Å²) in [7, 11) is 0. The van der Waals surface area contributed by atoms with Crippen molar-refractivity contribution in [2.75, 3.05) is 0 Å². The van der Waals surface area contributed by atoms with Gasteiger partial charge in [-0.1, -0.05) is 26.0 Å². The van der Waals surface area contributed by atoms with E-state index in [1.54, 1.807) is 32.0 Å². The molecule has 1 aromatic carbocycles. The molecule has 0 aliphatic carbocycles. The third-order valence-corrected chi connectivity index (χ3v) is 3.61. The quantitative estimate of drug-likeness (QED) is 0.805. The Morgan fingerprint density at radius 3 is 2.53 bits per heavy atom. The summed E-state index contributed by atoms with van der Waals surface area (Å²) in [5, 5.41) is 8.64. The zero-order valence-corrected chi connectivity index (χ0v) is 9.42. The zero-order valence-electron chi connectivity index (χ0n) is 8.61. The molecule has 0 aromatic heterocycles. The van der Waals surface area contributed by atoms with E-state index in [0.29, 0.717) is 4.90 Å². The average molecular weight is 228 g/mol. The van der Waals surface area contributed by atoms with Gasteiger partial charge in [-0.15, -0.1) is 11.8 Å². The molecular formula is C11H13FO2S. The minimum absolute atomic E-state index is 0.153. The van der Waals surface area contributed by atoms with Crippen LogP contribution >= 0.6 is 11.8 Å². The van der Waals surface area contributed by atoms with Crippen molar-refractivity contribution >= 4 is 17.7 Å². The van der Waals surface area contributed by atoms with Gasteiger partial charge in [-0.2, -0.15) is 0 Å². The van der Waals surface area contributed by atoms with Crippen LogP contribution in [0.3, 0.4) is 0 Å². The second-order valence-corrected chi connectivity index (χ2v) is 4.80. The van der Waals surface area contributed by atoms with Gasteiger partial charge < -0.3 is 5.11 Å². The van der Waals surface area contributed by atoms with Crippen LogP contribution in [0.15, 0.2) is 29.2 Å². The Hall–Kier alpha value is -1.03. The third-order valence-electron chi connectivity index (χ3n) is 2.24. The number of thioether (sulfide) groups is 1. The minimum atomic E-state index is -0.855. The average Bonchev–Trinajstić information content (AvgIpc) is 2.20. The number of rotatable bonds is 4. The molecule has 2 nitrogen and oxygen atoms in total. The largest absolute Gasteiger partial charge is 0.481 e. The maximum atomic E-state index is 13.2. The Morgan fingerprint density at radius 2 is 2.00 bits per heavy atom. The van der Waals surface area contributed by atoms with Crippen LogP contribution in [0.5, 0.6) is 0 Å². The number of hydrogen-bond acceptors (Lipinski definition) is 2. The molecule has 1 rings (SSSR count). The normalized spacial score (nSPS) is 14.6. The fraction of sp³-hybridized carbons (Fsp3) is 0.364. The number of aliphatic carboxylic acids is 1. The number of carboxylic acid groups (broad SMARTS) is 1. The highest BCUT2D eigenvalue weighted by Crippen LogP contribution is 2.29. The molecule has 0 radical (unpaired) electrons. The monoisotopic (exact) mass is 228 g/mol. The Labute approximate surface area is 92.5 Å². The van der Waals surface area contributed by atoms with Gasteiger partial charge in [-0.05, 0) is 12.1 Å². The van der Waals surface area contributed by atoms with E-state index in [1.807, 2.05) is 0 Å². The van der Waals surface area contributed by atoms with E-state index >= 15 is 0 Å². The highest BCUT2D eigenvalue weighted by molar-refractivity contribution is 8.00. The molecule has 1 N–H and O–H groups in total. The van der Waals surface area contributed by atoms with Crippen LogP contribution in [-0.4, -0.2) is 16.3 Å². The lowest BCUT2D eigenvalue weighted by molar-refractivity contribution is -0.140. The summed E-state index contributed by atoms with van der Waals surface area (Å²) >= 11 is 1.25. The number of benzene rings is 1. The van der Waals surface area contributed by atoms with Crippen LogP contribution < -0.4 is 0 Å². The third kappa shape index (κ3) is 3.23. The summed E-state index contributed by atoms with van der Waals surface area (Å²) in [6.45, 7) is 3.41. The second kappa shape index (κ2) is 5.16. The standard InChI is InChI=1S/C11H13FO2S/c1-7(11(13)14)8(2)15-10-6-4-3-5-9(10)12/h3-8H,1-2H3,(H,13,14). The van der Waals surface area contributed by atoms with Crippen molar-refractivity contribution in [2.24, 2.45) is 5.92 Å². The van der Waals surface area contributed by atoms with Crippen molar-refractivity contribution in [2.45, 2.75) is 24.0 Å². The van der Waals surface area contributed by atoms with Gasteiger partial charge in [0.2, 0.25) is 0 Å². The number of carboxylic acids is 1. The number of carbonyl (C=O) groups is 1. The van der Waals surface area contributed by atoms with E-state index in [1.165, 1.54) is 17.8 Å². The SMILES string of the molecule is CC(Sc1ccccc1F)C(C)C(=O)O. The topological polar surface area (TPSA) is 37.3 Å². The zero-order chi connectivity index (χ0) is 11.4. The van der Waals surface area contributed by atoms with E-state index in [0.717, 1.165) is 0 Å². The summed E-state index contributed by atoms with van der Waals surface area (Å²) in [6, 6.07) is 6.39. The van der Waals surface area contributed by atoms with Crippen molar-refractivity contribution in [3.8, 4) is 0 Å². The lowest BCUT2D eigenvalue weighted by Crippen LogP contribution is -2.20. The lowest BCUT2D eigenvalue weighted by atomic mass is 10.1. The van der Waals surface area contributed by atoms with Crippen LogP contribution in [0.25, 0.3) is 0 Å². The molecule has 0 saturated heterocycles. The van der Waals surface area contributed by atoms with Crippen LogP contribution in [0, 0.1) is 11.7 Å². The van der Waals surface area contributed by atoms with Crippen LogP contribution in [0.2, 0.25) is 0 Å². The second-order valence-electron chi connectivity index (χ2n) is 3.38. The Bertz CT molecular complexity index is 354. The molecule has 0 saturated carbocycles. The van der Waals surface area contributed by atoms with Gasteiger partial charge in [-0.3, -0.25) is 4.79 Å². The molecule has 4 heteroatoms. The van der Waals surface area contributed by atoms with E-state index in [-0.39, 0.29) is 11.1 Å². The number of hydrogen-bond donors (Lipinski definition) is 1. The predicted octanol–water partition coefficient (Wildman–Crippen LogP) is 3.03. The molecule has 0 heterocycles. The molecule has 0 aliphatic heterocycles. The fourth-order valence-electron chi connectivity index (χ4n) is 1.04. The molecule has 15 heavy (non-hydrogen) atoms. The van der Waals surface area contributed by atoms with Gasteiger partial charge in [-0.25, -0.2) is 4.39 Å². The molecule has 0 aliphatic rings. The van der Waals surface area contributed by atoms with Gasteiger partial charge in [0.25, 0.3) is 0 Å². The summed E-state index contributed by atoms with van der Waals surface area (Å²) in [6.07, 6.45) is 0. The first-order valence-corrected chi connectivity index (χ1v) is 5.54. The first-order valence-electron chi connectivity index (χ1n) is 4.66. The molecule has 0 spiro atoms. The van der Waals surface area contributed by atoms with E-state index < -0.39 is 11.9 Å². The first-order chi connectivity index (χ1) is 7.02. The maximum absolute atomic E-state index is 13.2. The Kier molecular flexibility index (Phi) is 4.15. The maximum Gasteiger partial charge on any atom is 0.307 e. The lowest BCUT2D eigenvalue weighted by Gasteiger charge is -2.15. The Balaban J connectivity index is 2.70. The van der Waals surface area contributed by atoms with E-state index in [4.69, 9.17) is 5.11 Å². The molecular weight excluding hydrogens is 215 g/mol. The Morgan fingerprint density at radius 1 is 1.40 bits per heavy atom. The van der Waals surface area contributed by atoms with Crippen molar-refractivity contribution in [3.05, 3.63) is 30.1 Å². The highest BCUT2D eigenvalue weighted by atomic mass is 32.2. The molecule has 82 valence electrons. The summed E-state index contributed by atoms with van der Waals surface area (Å²) in [4.78, 5) is 11.2. The van der Waals surface area contributed by atoms with Gasteiger partial charge in [0.05, 0.1) is 5.92 Å². The molecule has 0 amide bonds. The minimum Gasteiger partial charge on any atom is -0.481 e. The van der Waals surface area contributed by atoms with Crippen LogP contribution in [0.1, 0.15) is 13.8 Å². The first kappa shape index (κ1) is 12.0. The van der Waals surface area contributed by atoms with Gasteiger partial charge in [0, 0.05) is 10.1 Å². The molecule has 1 aromatic rings. The van der Waals surface area contributed by atoms with Crippen LogP contribution in [-0.2, 0) is 4.79 Å². The summed E-state index contributed by atoms with van der Waals surface area (Å²) < 4.78 is 13.2. The molecule has 0 bridgehead atoms. The van der Waals surface area contributed by atoms with E-state index in [9.17, 15) is 9.18 Å². The van der Waals surface area contributed by atoms with Gasteiger partial charge in [0.1, 0.15) is 5.82 Å². The van der Waals surface area contributed by atoms with Crippen molar-refractivity contribution < 1.29 is 14.3 Å². The smallest absolute Gasteiger partial charge is 0.307 e. The van der Waals surface area contributed by atoms with Gasteiger partial charge in [0.15, 0.2) is 0 Å². The molecule has 2 unspecified atom stereocenters. The van der Waals surface area contributed by atoms with Gasteiger partial charge >= 0.3 is 5.97 Å². The van der Waals surface area contributed by atoms with Crippen LogP contribution in [0.4, 0.5) is 4.39 Å². The van der Waals surface area contributed by atoms with Crippen molar-refractivity contribution in [1.29, 1.82) is 0 Å². The summed E-state index contributed by atoms with van der Waals surface area (Å²) in [5.41, 5.74) is 0. The highest BCUT2D eigenvalue weighted by Gasteiger charge is 2.21. The van der Waals surface area contributed by atoms with Crippen molar-refractivity contribution in [3.63, 3.8) is 0 Å². The predicted molar refractivity (Wildman–Crippen MR) is 58.5 cm³/mol. The fourth-order valence-corrected chi connectivity index (χ4v) is 2.10. The van der Waals surface area contributed by atoms with E-state index in [2.05, 4.69) is 0 Å². The number of halogens is 1.